The van der Waals surface area contributed by atoms with Gasteiger partial charge in [0.05, 0.1) is 0 Å². The summed E-state index contributed by atoms with van der Waals surface area (Å²) in [5.74, 6) is -0.149. The second-order valence-electron chi connectivity index (χ2n) is 5.54. The molecule has 1 fully saturated rings. The molecule has 0 aliphatic carbocycles. The van der Waals surface area contributed by atoms with Crippen molar-refractivity contribution in [1.82, 2.24) is 14.8 Å². The molecule has 1 aliphatic rings. The molecule has 3 rings (SSSR count). The fraction of sp³-hybridized carbons (Fsp3) is 0.353. The largest absolute Gasteiger partial charge is 0.297 e. The average Bonchev–Trinajstić information content (AvgIpc) is 2.50. The van der Waals surface area contributed by atoms with Gasteiger partial charge in [-0.05, 0) is 35.4 Å². The van der Waals surface area contributed by atoms with Gasteiger partial charge in [0.2, 0.25) is 0 Å². The molecule has 1 aliphatic heterocycles. The average molecular weight is 285 g/mol. The van der Waals surface area contributed by atoms with E-state index in [2.05, 4.69) is 26.9 Å². The van der Waals surface area contributed by atoms with Crippen LogP contribution in [-0.4, -0.2) is 41.0 Å². The normalized spacial score (nSPS) is 17.0. The van der Waals surface area contributed by atoms with Crippen LogP contribution in [0.25, 0.3) is 0 Å². The molecule has 0 unspecified atom stereocenters. The Labute approximate surface area is 125 Å². The number of rotatable bonds is 4. The number of halogens is 1. The molecule has 0 radical (unpaired) electrons. The van der Waals surface area contributed by atoms with Crippen molar-refractivity contribution in [3.05, 3.63) is 65.7 Å². The van der Waals surface area contributed by atoms with Crippen molar-refractivity contribution in [3.63, 3.8) is 0 Å². The van der Waals surface area contributed by atoms with E-state index >= 15 is 0 Å². The zero-order valence-corrected chi connectivity index (χ0v) is 12.1. The van der Waals surface area contributed by atoms with E-state index < -0.39 is 0 Å². The van der Waals surface area contributed by atoms with Gasteiger partial charge in [-0.1, -0.05) is 12.1 Å². The number of hydrogen-bond acceptors (Lipinski definition) is 3. The fourth-order valence-corrected chi connectivity index (χ4v) is 2.75. The Morgan fingerprint density at radius 1 is 0.857 bits per heavy atom. The summed E-state index contributed by atoms with van der Waals surface area (Å²) in [6, 6.07) is 11.0. The summed E-state index contributed by atoms with van der Waals surface area (Å²) in [4.78, 5) is 8.89. The molecule has 1 aromatic carbocycles. The van der Waals surface area contributed by atoms with E-state index in [4.69, 9.17) is 0 Å². The van der Waals surface area contributed by atoms with E-state index in [1.165, 1.54) is 11.6 Å². The predicted molar refractivity (Wildman–Crippen MR) is 81.2 cm³/mol. The molecule has 0 N–H and O–H groups in total. The topological polar surface area (TPSA) is 19.4 Å². The molecule has 0 amide bonds. The van der Waals surface area contributed by atoms with Gasteiger partial charge in [-0.15, -0.1) is 0 Å². The zero-order valence-electron chi connectivity index (χ0n) is 12.1. The Hall–Kier alpha value is -1.78. The Morgan fingerprint density at radius 3 is 2.10 bits per heavy atom. The molecule has 0 atom stereocenters. The fourth-order valence-electron chi connectivity index (χ4n) is 2.75. The monoisotopic (exact) mass is 285 g/mol. The maximum absolute atomic E-state index is 13.2. The number of pyridine rings is 1. The summed E-state index contributed by atoms with van der Waals surface area (Å²) >= 11 is 0. The molecular weight excluding hydrogens is 265 g/mol. The van der Waals surface area contributed by atoms with Crippen molar-refractivity contribution in [2.75, 3.05) is 26.2 Å². The summed E-state index contributed by atoms with van der Waals surface area (Å²) in [7, 11) is 0. The lowest BCUT2D eigenvalue weighted by atomic mass is 10.2. The molecule has 1 aromatic heterocycles. The van der Waals surface area contributed by atoms with Gasteiger partial charge in [0.15, 0.2) is 0 Å². The van der Waals surface area contributed by atoms with Crippen LogP contribution < -0.4 is 0 Å². The molecular formula is C17H20FN3. The van der Waals surface area contributed by atoms with Gasteiger partial charge in [-0.25, -0.2) is 4.39 Å². The van der Waals surface area contributed by atoms with E-state index in [0.717, 1.165) is 44.8 Å². The minimum Gasteiger partial charge on any atom is -0.297 e. The zero-order chi connectivity index (χ0) is 14.5. The maximum Gasteiger partial charge on any atom is 0.123 e. The van der Waals surface area contributed by atoms with Crippen molar-refractivity contribution < 1.29 is 4.39 Å². The number of aromatic nitrogens is 1. The van der Waals surface area contributed by atoms with Crippen LogP contribution in [0.5, 0.6) is 0 Å². The number of hydrogen-bond donors (Lipinski definition) is 0. The van der Waals surface area contributed by atoms with E-state index in [0.29, 0.717) is 0 Å². The van der Waals surface area contributed by atoms with Gasteiger partial charge in [0, 0.05) is 51.7 Å². The van der Waals surface area contributed by atoms with Gasteiger partial charge < -0.3 is 0 Å². The van der Waals surface area contributed by atoms with Crippen LogP contribution in [0.4, 0.5) is 4.39 Å². The molecule has 2 heterocycles. The van der Waals surface area contributed by atoms with Crippen molar-refractivity contribution in [2.24, 2.45) is 0 Å². The highest BCUT2D eigenvalue weighted by atomic mass is 19.1. The lowest BCUT2D eigenvalue weighted by Crippen LogP contribution is -2.45. The highest BCUT2D eigenvalue weighted by molar-refractivity contribution is 5.16. The first-order chi connectivity index (χ1) is 10.3. The quantitative estimate of drug-likeness (QED) is 0.860. The first kappa shape index (κ1) is 14.2. The Balaban J connectivity index is 1.49. The lowest BCUT2D eigenvalue weighted by Gasteiger charge is -2.34. The second-order valence-corrected chi connectivity index (χ2v) is 5.54. The molecule has 1 saturated heterocycles. The van der Waals surface area contributed by atoms with Gasteiger partial charge in [0.1, 0.15) is 5.82 Å². The first-order valence-corrected chi connectivity index (χ1v) is 7.38. The number of benzene rings is 1. The molecule has 21 heavy (non-hydrogen) atoms. The summed E-state index contributed by atoms with van der Waals surface area (Å²) in [6.07, 6.45) is 3.69. The SMILES string of the molecule is Fc1cccc(CN2CCN(Cc3ccncc3)CC2)c1. The van der Waals surface area contributed by atoms with Crippen LogP contribution in [0, 0.1) is 5.82 Å². The third kappa shape index (κ3) is 4.09. The van der Waals surface area contributed by atoms with Gasteiger partial charge in [-0.3, -0.25) is 14.8 Å². The third-order valence-electron chi connectivity index (χ3n) is 3.92. The van der Waals surface area contributed by atoms with Crippen molar-refractivity contribution in [2.45, 2.75) is 13.1 Å². The van der Waals surface area contributed by atoms with Crippen LogP contribution >= 0.6 is 0 Å². The molecule has 2 aromatic rings. The second kappa shape index (κ2) is 6.78. The molecule has 4 heteroatoms. The van der Waals surface area contributed by atoms with Crippen LogP contribution in [-0.2, 0) is 13.1 Å². The van der Waals surface area contributed by atoms with Gasteiger partial charge in [0.25, 0.3) is 0 Å². The van der Waals surface area contributed by atoms with Crippen LogP contribution in [0.1, 0.15) is 11.1 Å². The number of piperazine rings is 1. The maximum atomic E-state index is 13.2. The summed E-state index contributed by atoms with van der Waals surface area (Å²) in [5, 5.41) is 0. The van der Waals surface area contributed by atoms with E-state index in [9.17, 15) is 4.39 Å². The van der Waals surface area contributed by atoms with Gasteiger partial charge >= 0.3 is 0 Å². The van der Waals surface area contributed by atoms with E-state index in [1.807, 2.05) is 18.5 Å². The van der Waals surface area contributed by atoms with Crippen molar-refractivity contribution >= 4 is 0 Å². The summed E-state index contributed by atoms with van der Waals surface area (Å²) in [6.45, 7) is 5.98. The van der Waals surface area contributed by atoms with Crippen LogP contribution in [0.2, 0.25) is 0 Å². The first-order valence-electron chi connectivity index (χ1n) is 7.38. The van der Waals surface area contributed by atoms with Crippen LogP contribution in [0.3, 0.4) is 0 Å². The minimum atomic E-state index is -0.149. The summed E-state index contributed by atoms with van der Waals surface area (Å²) < 4.78 is 13.2. The lowest BCUT2D eigenvalue weighted by molar-refractivity contribution is 0.122. The van der Waals surface area contributed by atoms with Crippen molar-refractivity contribution in [1.29, 1.82) is 0 Å². The molecule has 110 valence electrons. The standard InChI is InChI=1S/C17H20FN3/c18-17-3-1-2-16(12-17)14-21-10-8-20(9-11-21)13-15-4-6-19-7-5-15/h1-7,12H,8-11,13-14H2. The Bertz CT molecular complexity index is 565. The number of nitrogens with zero attached hydrogens (tertiary/aromatic N) is 3. The summed E-state index contributed by atoms with van der Waals surface area (Å²) in [5.41, 5.74) is 2.36. The van der Waals surface area contributed by atoms with E-state index in [-0.39, 0.29) is 5.82 Å². The van der Waals surface area contributed by atoms with Gasteiger partial charge in [-0.2, -0.15) is 0 Å². The molecule has 0 spiro atoms. The van der Waals surface area contributed by atoms with Crippen LogP contribution in [0.15, 0.2) is 48.8 Å². The molecule has 3 nitrogen and oxygen atoms in total. The Kier molecular flexibility index (Phi) is 4.58. The third-order valence-corrected chi connectivity index (χ3v) is 3.92. The van der Waals surface area contributed by atoms with E-state index in [1.54, 1.807) is 12.1 Å². The van der Waals surface area contributed by atoms with Crippen molar-refractivity contribution in [3.8, 4) is 0 Å². The predicted octanol–water partition coefficient (Wildman–Crippen LogP) is 2.54. The Morgan fingerprint density at radius 2 is 1.48 bits per heavy atom. The smallest absolute Gasteiger partial charge is 0.123 e. The molecule has 0 bridgehead atoms. The minimum absolute atomic E-state index is 0.149. The highest BCUT2D eigenvalue weighted by Crippen LogP contribution is 2.12. The molecule has 0 saturated carbocycles. The highest BCUT2D eigenvalue weighted by Gasteiger charge is 2.17.